The Morgan fingerprint density at radius 3 is 0.983 bits per heavy atom. The SMILES string of the molecule is CC(C)CCCC(C)CCCC(C)CCCC(C)CCSSCCOP(=O)(NCC[P+](C)(C)C)OCCSSCCC(C)CCCC(C)CCCC(C)CCCC(C)C. The first-order chi connectivity index (χ1) is 27.9. The van der Waals surface area contributed by atoms with Gasteiger partial charge in [-0.25, -0.2) is 9.65 Å². The van der Waals surface area contributed by atoms with Gasteiger partial charge in [-0.1, -0.05) is 228 Å². The van der Waals surface area contributed by atoms with Crippen molar-refractivity contribution in [3.05, 3.63) is 0 Å². The fourth-order valence-electron chi connectivity index (χ4n) is 7.64. The van der Waals surface area contributed by atoms with Crippen LogP contribution in [-0.2, 0) is 13.6 Å². The van der Waals surface area contributed by atoms with Gasteiger partial charge in [-0.3, -0.25) is 9.05 Å². The predicted octanol–water partition coefficient (Wildman–Crippen LogP) is 18.3. The number of hydrogen-bond donors (Lipinski definition) is 1. The van der Waals surface area contributed by atoms with Crippen molar-refractivity contribution in [2.45, 2.75) is 198 Å². The van der Waals surface area contributed by atoms with Crippen LogP contribution in [0.2, 0.25) is 0 Å². The zero-order chi connectivity index (χ0) is 44.4. The monoisotopic (exact) mass is 945 g/mol. The van der Waals surface area contributed by atoms with Crippen LogP contribution < -0.4 is 5.09 Å². The summed E-state index contributed by atoms with van der Waals surface area (Å²) in [7, 11) is 3.30. The molecule has 0 heterocycles. The Balaban J connectivity index is 4.13. The van der Waals surface area contributed by atoms with Crippen molar-refractivity contribution in [1.82, 2.24) is 5.09 Å². The highest BCUT2D eigenvalue weighted by Gasteiger charge is 2.26. The second-order valence-electron chi connectivity index (χ2n) is 21.0. The van der Waals surface area contributed by atoms with Crippen LogP contribution in [-0.4, -0.2) is 68.9 Å². The van der Waals surface area contributed by atoms with Gasteiger partial charge >= 0.3 is 7.75 Å². The molecular formula is C49H104NO3P2S4+. The molecule has 0 radical (unpaired) electrons. The normalized spacial score (nSPS) is 16.7. The Hall–Kier alpha value is 1.94. The fourth-order valence-corrected chi connectivity index (χ4v) is 14.3. The molecule has 0 saturated carbocycles. The van der Waals surface area contributed by atoms with E-state index in [1.54, 1.807) is 0 Å². The molecule has 59 heavy (non-hydrogen) atoms. The Morgan fingerprint density at radius 2 is 0.695 bits per heavy atom. The van der Waals surface area contributed by atoms with Crippen LogP contribution in [0, 0.1) is 47.3 Å². The first kappa shape index (κ1) is 60.9. The molecule has 4 nitrogen and oxygen atoms in total. The van der Waals surface area contributed by atoms with Crippen molar-refractivity contribution in [1.29, 1.82) is 0 Å². The smallest absolute Gasteiger partial charge is 0.296 e. The van der Waals surface area contributed by atoms with Gasteiger partial charge in [0.25, 0.3) is 0 Å². The number of hydrogen-bond acceptors (Lipinski definition) is 7. The average Bonchev–Trinajstić information content (AvgIpc) is 3.13. The molecule has 0 aliphatic heterocycles. The Kier molecular flexibility index (Phi) is 40.4. The first-order valence-electron chi connectivity index (χ1n) is 24.8. The summed E-state index contributed by atoms with van der Waals surface area (Å²) in [6.45, 7) is 32.6. The molecule has 0 aliphatic rings. The molecule has 0 aliphatic carbocycles. The van der Waals surface area contributed by atoms with E-state index in [-0.39, 0.29) is 0 Å². The highest BCUT2D eigenvalue weighted by atomic mass is 33.1. The van der Waals surface area contributed by atoms with Gasteiger partial charge in [0.2, 0.25) is 0 Å². The molecule has 0 rings (SSSR count). The highest BCUT2D eigenvalue weighted by Crippen LogP contribution is 2.48. The van der Waals surface area contributed by atoms with E-state index in [1.165, 1.54) is 140 Å². The van der Waals surface area contributed by atoms with Crippen molar-refractivity contribution in [3.63, 3.8) is 0 Å². The molecule has 356 valence electrons. The molecule has 0 amide bonds. The Labute approximate surface area is 388 Å². The molecule has 1 N–H and O–H groups in total. The van der Waals surface area contributed by atoms with E-state index < -0.39 is 15.0 Å². The summed E-state index contributed by atoms with van der Waals surface area (Å²) in [6.07, 6.45) is 28.6. The molecular weight excluding hydrogens is 841 g/mol. The van der Waals surface area contributed by atoms with E-state index in [0.29, 0.717) is 19.8 Å². The van der Waals surface area contributed by atoms with Gasteiger partial charge in [0.05, 0.1) is 19.4 Å². The minimum Gasteiger partial charge on any atom is -0.296 e. The lowest BCUT2D eigenvalue weighted by atomic mass is 9.91. The fraction of sp³-hybridized carbons (Fsp3) is 1.00. The van der Waals surface area contributed by atoms with E-state index in [0.717, 1.165) is 65.0 Å². The molecule has 0 bridgehead atoms. The molecule has 0 saturated heterocycles. The van der Waals surface area contributed by atoms with Crippen LogP contribution in [0.25, 0.3) is 0 Å². The van der Waals surface area contributed by atoms with Gasteiger partial charge < -0.3 is 0 Å². The van der Waals surface area contributed by atoms with Crippen molar-refractivity contribution in [2.24, 2.45) is 47.3 Å². The maximum atomic E-state index is 13.7. The highest BCUT2D eigenvalue weighted by molar-refractivity contribution is 8.77. The van der Waals surface area contributed by atoms with Crippen LogP contribution in [0.15, 0.2) is 0 Å². The van der Waals surface area contributed by atoms with Crippen molar-refractivity contribution >= 4 is 58.2 Å². The van der Waals surface area contributed by atoms with Gasteiger partial charge in [0, 0.05) is 56.8 Å². The van der Waals surface area contributed by atoms with Crippen LogP contribution in [0.5, 0.6) is 0 Å². The van der Waals surface area contributed by atoms with Gasteiger partial charge in [0.1, 0.15) is 0 Å². The molecule has 0 spiro atoms. The minimum absolute atomic E-state index is 0.451. The second-order valence-corrected chi connectivity index (χ2v) is 33.2. The zero-order valence-corrected chi connectivity index (χ0v) is 46.7. The lowest BCUT2D eigenvalue weighted by molar-refractivity contribution is 0.214. The van der Waals surface area contributed by atoms with Gasteiger partial charge in [0.15, 0.2) is 0 Å². The van der Waals surface area contributed by atoms with Gasteiger partial charge in [-0.15, -0.1) is 0 Å². The summed E-state index contributed by atoms with van der Waals surface area (Å²) in [5.74, 6) is 10.8. The Bertz CT molecular complexity index is 910. The van der Waals surface area contributed by atoms with E-state index in [2.05, 4.69) is 94.3 Å². The molecule has 0 aromatic rings. The van der Waals surface area contributed by atoms with E-state index in [1.807, 2.05) is 43.2 Å². The van der Waals surface area contributed by atoms with E-state index in [4.69, 9.17) is 9.05 Å². The van der Waals surface area contributed by atoms with E-state index >= 15 is 0 Å². The lowest BCUT2D eigenvalue weighted by Gasteiger charge is -2.20. The quantitative estimate of drug-likeness (QED) is 0.0368. The van der Waals surface area contributed by atoms with Crippen LogP contribution in [0.4, 0.5) is 0 Å². The molecule has 10 heteroatoms. The minimum atomic E-state index is -3.31. The van der Waals surface area contributed by atoms with Crippen molar-refractivity contribution in [3.8, 4) is 0 Å². The largest absolute Gasteiger partial charge is 0.405 e. The summed E-state index contributed by atoms with van der Waals surface area (Å²) in [4.78, 5) is 0. The molecule has 0 aromatic carbocycles. The van der Waals surface area contributed by atoms with Gasteiger partial charge in [-0.05, 0) is 60.2 Å². The average molecular weight is 946 g/mol. The molecule has 6 unspecified atom stereocenters. The lowest BCUT2D eigenvalue weighted by Crippen LogP contribution is -2.21. The number of nitrogens with one attached hydrogen (secondary N) is 1. The summed E-state index contributed by atoms with van der Waals surface area (Å²) < 4.78 is 25.6. The summed E-state index contributed by atoms with van der Waals surface area (Å²) in [5, 5.41) is 3.20. The van der Waals surface area contributed by atoms with Crippen molar-refractivity contribution < 1.29 is 13.6 Å². The van der Waals surface area contributed by atoms with Crippen molar-refractivity contribution in [2.75, 3.05) is 68.9 Å². The van der Waals surface area contributed by atoms with Crippen LogP contribution >= 0.6 is 58.2 Å². The van der Waals surface area contributed by atoms with Gasteiger partial charge in [-0.2, -0.15) is 0 Å². The first-order valence-corrected chi connectivity index (χ1v) is 34.7. The molecule has 0 aromatic heterocycles. The topological polar surface area (TPSA) is 47.6 Å². The van der Waals surface area contributed by atoms with Crippen LogP contribution in [0.1, 0.15) is 198 Å². The zero-order valence-electron chi connectivity index (χ0n) is 41.7. The third-order valence-corrected chi connectivity index (χ3v) is 20.1. The summed E-state index contributed by atoms with van der Waals surface area (Å²) in [6, 6.07) is 0. The Morgan fingerprint density at radius 1 is 0.424 bits per heavy atom. The number of rotatable bonds is 44. The standard InChI is InChI=1S/C49H104NO3P2S4/c1-42(2)20-14-22-44(5)24-16-26-46(7)28-18-30-48(9)32-38-56-58-40-35-52-55(51,50-34-37-54(11,12)13)53-36-41-59-57-39-33-49(10)31-19-29-47(8)27-17-25-45(6)23-15-21-43(3)4/h42-49H,14-41H2,1-13H3,(H,50,51)/q+1. The van der Waals surface area contributed by atoms with Crippen LogP contribution in [0.3, 0.4) is 0 Å². The maximum Gasteiger partial charge on any atom is 0.405 e. The third kappa shape index (κ3) is 43.6. The predicted molar refractivity (Wildman–Crippen MR) is 284 cm³/mol. The third-order valence-electron chi connectivity index (χ3n) is 12.0. The summed E-state index contributed by atoms with van der Waals surface area (Å²) >= 11 is 0. The molecule has 6 atom stereocenters. The second kappa shape index (κ2) is 39.1. The van der Waals surface area contributed by atoms with E-state index in [9.17, 15) is 4.57 Å². The summed E-state index contributed by atoms with van der Waals surface area (Å²) in [5.41, 5.74) is 0. The maximum absolute atomic E-state index is 13.7. The molecule has 0 fully saturated rings.